The first kappa shape index (κ1) is 13.0. The highest BCUT2D eigenvalue weighted by Gasteiger charge is 2.25. The van der Waals surface area contributed by atoms with Crippen LogP contribution in [0.25, 0.3) is 0 Å². The van der Waals surface area contributed by atoms with E-state index in [2.05, 4.69) is 0 Å². The number of carboxylic acid groups (broad SMARTS) is 1. The van der Waals surface area contributed by atoms with Crippen molar-refractivity contribution in [2.75, 3.05) is 13.1 Å². The van der Waals surface area contributed by atoms with Crippen LogP contribution >= 0.6 is 0 Å². The van der Waals surface area contributed by atoms with Crippen LogP contribution in [0.1, 0.15) is 18.4 Å². The van der Waals surface area contributed by atoms with E-state index in [-0.39, 0.29) is 5.92 Å². The first-order valence-electron chi connectivity index (χ1n) is 5.95. The van der Waals surface area contributed by atoms with E-state index in [1.54, 1.807) is 0 Å². The van der Waals surface area contributed by atoms with Crippen molar-refractivity contribution in [3.8, 4) is 0 Å². The molecule has 18 heavy (non-hydrogen) atoms. The van der Waals surface area contributed by atoms with E-state index in [9.17, 15) is 13.6 Å². The van der Waals surface area contributed by atoms with Crippen molar-refractivity contribution < 1.29 is 18.7 Å². The Bertz CT molecular complexity index is 451. The molecule has 3 nitrogen and oxygen atoms in total. The third-order valence-electron chi connectivity index (χ3n) is 3.26. The van der Waals surface area contributed by atoms with Crippen LogP contribution in [-0.2, 0) is 11.3 Å². The normalized spacial score (nSPS) is 20.9. The van der Waals surface area contributed by atoms with Crippen molar-refractivity contribution >= 4 is 5.97 Å². The van der Waals surface area contributed by atoms with Gasteiger partial charge < -0.3 is 5.11 Å². The lowest BCUT2D eigenvalue weighted by atomic mass is 9.98. The summed E-state index contributed by atoms with van der Waals surface area (Å²) >= 11 is 0. The fourth-order valence-electron chi connectivity index (χ4n) is 2.29. The number of aliphatic carboxylic acids is 1. The molecule has 1 aromatic rings. The fraction of sp³-hybridized carbons (Fsp3) is 0.462. The Morgan fingerprint density at radius 3 is 2.89 bits per heavy atom. The zero-order valence-electron chi connectivity index (χ0n) is 9.90. The molecule has 1 N–H and O–H groups in total. The summed E-state index contributed by atoms with van der Waals surface area (Å²) in [5.74, 6) is -2.37. The number of piperidine rings is 1. The molecule has 0 bridgehead atoms. The van der Waals surface area contributed by atoms with E-state index in [1.807, 2.05) is 4.90 Å². The third-order valence-corrected chi connectivity index (χ3v) is 3.26. The minimum Gasteiger partial charge on any atom is -0.481 e. The minimum absolute atomic E-state index is 0.329. The third kappa shape index (κ3) is 3.04. The molecular weight excluding hydrogens is 240 g/mol. The number of hydrogen-bond donors (Lipinski definition) is 1. The summed E-state index contributed by atoms with van der Waals surface area (Å²) in [5.41, 5.74) is 0.405. The molecular formula is C13H15F2NO2. The zero-order chi connectivity index (χ0) is 13.1. The maximum atomic E-state index is 13.5. The maximum Gasteiger partial charge on any atom is 0.307 e. The van der Waals surface area contributed by atoms with Crippen LogP contribution in [0.2, 0.25) is 0 Å². The molecule has 5 heteroatoms. The van der Waals surface area contributed by atoms with Crippen molar-refractivity contribution in [3.63, 3.8) is 0 Å². The fourth-order valence-corrected chi connectivity index (χ4v) is 2.29. The van der Waals surface area contributed by atoms with Gasteiger partial charge in [0, 0.05) is 24.7 Å². The Balaban J connectivity index is 2.02. The smallest absolute Gasteiger partial charge is 0.307 e. The number of rotatable bonds is 3. The summed E-state index contributed by atoms with van der Waals surface area (Å²) in [7, 11) is 0. The molecule has 0 radical (unpaired) electrons. The largest absolute Gasteiger partial charge is 0.481 e. The first-order chi connectivity index (χ1) is 8.56. The Hall–Kier alpha value is -1.49. The van der Waals surface area contributed by atoms with Crippen molar-refractivity contribution in [2.24, 2.45) is 5.92 Å². The molecule has 0 spiro atoms. The second-order valence-corrected chi connectivity index (χ2v) is 4.65. The number of benzene rings is 1. The Morgan fingerprint density at radius 1 is 1.44 bits per heavy atom. The van der Waals surface area contributed by atoms with Gasteiger partial charge in [-0.15, -0.1) is 0 Å². The second-order valence-electron chi connectivity index (χ2n) is 4.65. The highest BCUT2D eigenvalue weighted by Crippen LogP contribution is 2.20. The van der Waals surface area contributed by atoms with Gasteiger partial charge in [-0.05, 0) is 25.5 Å². The van der Waals surface area contributed by atoms with Crippen LogP contribution in [0.3, 0.4) is 0 Å². The molecule has 1 heterocycles. The zero-order valence-corrected chi connectivity index (χ0v) is 9.90. The van der Waals surface area contributed by atoms with Gasteiger partial charge in [-0.1, -0.05) is 6.07 Å². The molecule has 2 rings (SSSR count). The molecule has 0 saturated carbocycles. The summed E-state index contributed by atoms with van der Waals surface area (Å²) < 4.78 is 26.2. The number of carboxylic acids is 1. The lowest BCUT2D eigenvalue weighted by Crippen LogP contribution is -2.38. The number of carbonyl (C=O) groups is 1. The van der Waals surface area contributed by atoms with E-state index in [0.29, 0.717) is 25.1 Å². The molecule has 0 amide bonds. The quantitative estimate of drug-likeness (QED) is 0.900. The van der Waals surface area contributed by atoms with Gasteiger partial charge >= 0.3 is 5.97 Å². The van der Waals surface area contributed by atoms with E-state index in [0.717, 1.165) is 19.0 Å². The van der Waals surface area contributed by atoms with Gasteiger partial charge in [-0.3, -0.25) is 9.69 Å². The minimum atomic E-state index is -0.806. The van der Waals surface area contributed by atoms with Crippen LogP contribution in [0.4, 0.5) is 8.78 Å². The van der Waals surface area contributed by atoms with Gasteiger partial charge in [0.25, 0.3) is 0 Å². The predicted octanol–water partition coefficient (Wildman–Crippen LogP) is 2.26. The molecule has 0 aromatic heterocycles. The van der Waals surface area contributed by atoms with Crippen LogP contribution in [-0.4, -0.2) is 29.1 Å². The monoisotopic (exact) mass is 255 g/mol. The number of halogens is 2. The average molecular weight is 255 g/mol. The van der Waals surface area contributed by atoms with Gasteiger partial charge in [0.2, 0.25) is 0 Å². The van der Waals surface area contributed by atoms with Crippen molar-refractivity contribution in [3.05, 3.63) is 35.4 Å². The summed E-state index contributed by atoms with van der Waals surface area (Å²) in [4.78, 5) is 12.8. The molecule has 1 atom stereocenters. The van der Waals surface area contributed by atoms with Crippen LogP contribution < -0.4 is 0 Å². The standard InChI is InChI=1S/C13H15F2NO2/c14-11-4-3-9(12(15)6-11)7-16-5-1-2-10(8-16)13(17)18/h3-4,6,10H,1-2,5,7-8H2,(H,17,18). The van der Waals surface area contributed by atoms with Crippen molar-refractivity contribution in [1.29, 1.82) is 0 Å². The molecule has 1 fully saturated rings. The molecule has 1 aliphatic rings. The predicted molar refractivity (Wildman–Crippen MR) is 62.0 cm³/mol. The Kier molecular flexibility index (Phi) is 3.91. The van der Waals surface area contributed by atoms with E-state index < -0.39 is 17.6 Å². The summed E-state index contributed by atoms with van der Waals surface area (Å²) in [6.07, 6.45) is 1.46. The van der Waals surface area contributed by atoms with Crippen molar-refractivity contribution in [1.82, 2.24) is 4.90 Å². The van der Waals surface area contributed by atoms with E-state index in [4.69, 9.17) is 5.11 Å². The molecule has 1 unspecified atom stereocenters. The van der Waals surface area contributed by atoms with Gasteiger partial charge in [0.15, 0.2) is 0 Å². The molecule has 98 valence electrons. The molecule has 1 aliphatic heterocycles. The Labute approximate surface area is 104 Å². The molecule has 1 aromatic carbocycles. The number of nitrogens with zero attached hydrogens (tertiary/aromatic N) is 1. The van der Waals surface area contributed by atoms with Gasteiger partial charge in [0.05, 0.1) is 5.92 Å². The summed E-state index contributed by atoms with van der Waals surface area (Å²) in [5, 5.41) is 8.96. The van der Waals surface area contributed by atoms with Gasteiger partial charge in [-0.2, -0.15) is 0 Å². The molecule has 0 aliphatic carbocycles. The van der Waals surface area contributed by atoms with Crippen LogP contribution in [0.15, 0.2) is 18.2 Å². The SMILES string of the molecule is O=C(O)C1CCCN(Cc2ccc(F)cc2F)C1. The second kappa shape index (κ2) is 5.44. The lowest BCUT2D eigenvalue weighted by Gasteiger charge is -2.30. The summed E-state index contributed by atoms with van der Waals surface area (Å²) in [6, 6.07) is 3.49. The lowest BCUT2D eigenvalue weighted by molar-refractivity contribution is -0.143. The molecule has 1 saturated heterocycles. The first-order valence-corrected chi connectivity index (χ1v) is 5.95. The van der Waals surface area contributed by atoms with Crippen LogP contribution in [0, 0.1) is 17.6 Å². The maximum absolute atomic E-state index is 13.5. The number of likely N-dealkylation sites (tertiary alicyclic amines) is 1. The van der Waals surface area contributed by atoms with Gasteiger partial charge in [0.1, 0.15) is 11.6 Å². The topological polar surface area (TPSA) is 40.5 Å². The van der Waals surface area contributed by atoms with E-state index in [1.165, 1.54) is 12.1 Å². The summed E-state index contributed by atoms with van der Waals surface area (Å²) in [6.45, 7) is 1.50. The van der Waals surface area contributed by atoms with E-state index >= 15 is 0 Å². The van der Waals surface area contributed by atoms with Crippen LogP contribution in [0.5, 0.6) is 0 Å². The highest BCUT2D eigenvalue weighted by atomic mass is 19.1. The highest BCUT2D eigenvalue weighted by molar-refractivity contribution is 5.70. The van der Waals surface area contributed by atoms with Crippen molar-refractivity contribution in [2.45, 2.75) is 19.4 Å². The number of hydrogen-bond acceptors (Lipinski definition) is 2. The Morgan fingerprint density at radius 2 is 2.22 bits per heavy atom. The van der Waals surface area contributed by atoms with Gasteiger partial charge in [-0.25, -0.2) is 8.78 Å². The average Bonchev–Trinajstić information content (AvgIpc) is 2.33.